The van der Waals surface area contributed by atoms with Gasteiger partial charge in [-0.15, -0.1) is 0 Å². The summed E-state index contributed by atoms with van der Waals surface area (Å²) < 4.78 is 61.9. The minimum absolute atomic E-state index is 0.0262. The molecule has 2 amide bonds. The first-order valence-corrected chi connectivity index (χ1v) is 15.3. The largest absolute Gasteiger partial charge is 0.417 e. The molecule has 3 heterocycles. The zero-order chi connectivity index (χ0) is 30.0. The first-order chi connectivity index (χ1) is 19.1. The summed E-state index contributed by atoms with van der Waals surface area (Å²) in [7, 11) is -2.87. The quantitative estimate of drug-likeness (QED) is 0.396. The molecule has 0 spiro atoms. The van der Waals surface area contributed by atoms with Crippen LogP contribution in [0.4, 0.5) is 13.2 Å². The van der Waals surface area contributed by atoms with Crippen molar-refractivity contribution in [2.24, 2.45) is 0 Å². The van der Waals surface area contributed by atoms with Crippen LogP contribution in [0.15, 0.2) is 47.4 Å². The number of amides is 2. The number of hydrogen-bond acceptors (Lipinski definition) is 5. The van der Waals surface area contributed by atoms with Gasteiger partial charge in [0.05, 0.1) is 44.6 Å². The topological polar surface area (TPSA) is 99.4 Å². The van der Waals surface area contributed by atoms with Gasteiger partial charge < -0.3 is 9.80 Å². The van der Waals surface area contributed by atoms with Crippen LogP contribution in [0.3, 0.4) is 0 Å². The number of halogens is 4. The summed E-state index contributed by atoms with van der Waals surface area (Å²) in [6.45, 7) is 6.05. The number of fused-ring (bicyclic) bond motifs is 3. The Kier molecular flexibility index (Phi) is 7.22. The number of hydrogen-bond donors (Lipinski definition) is 1. The molecule has 0 radical (unpaired) electrons. The van der Waals surface area contributed by atoms with Crippen molar-refractivity contribution in [3.8, 4) is 0 Å². The van der Waals surface area contributed by atoms with E-state index in [1.807, 2.05) is 13.8 Å². The van der Waals surface area contributed by atoms with Crippen LogP contribution >= 0.6 is 11.6 Å². The first kappa shape index (κ1) is 29.1. The van der Waals surface area contributed by atoms with Crippen LogP contribution < -0.4 is 0 Å². The molecule has 4 atom stereocenters. The van der Waals surface area contributed by atoms with Gasteiger partial charge in [-0.05, 0) is 56.7 Å². The van der Waals surface area contributed by atoms with Crippen molar-refractivity contribution < 1.29 is 27.0 Å². The van der Waals surface area contributed by atoms with E-state index >= 15 is 0 Å². The average molecular weight is 608 g/mol. The smallest absolute Gasteiger partial charge is 0.331 e. The molecule has 3 aromatic rings. The van der Waals surface area contributed by atoms with Crippen LogP contribution in [0.25, 0.3) is 0 Å². The van der Waals surface area contributed by atoms with Crippen LogP contribution in [0.1, 0.15) is 76.1 Å². The molecule has 41 heavy (non-hydrogen) atoms. The highest BCUT2D eigenvalue weighted by Crippen LogP contribution is 2.37. The molecule has 0 saturated heterocycles. The maximum absolute atomic E-state index is 13.9. The Bertz CT molecular complexity index is 1650. The molecule has 2 unspecified atom stereocenters. The van der Waals surface area contributed by atoms with E-state index in [0.717, 1.165) is 17.7 Å². The Morgan fingerprint density at radius 2 is 1.80 bits per heavy atom. The molecule has 1 aromatic heterocycles. The molecule has 13 heteroatoms. The van der Waals surface area contributed by atoms with E-state index in [1.54, 1.807) is 40.8 Å². The van der Waals surface area contributed by atoms with Crippen molar-refractivity contribution in [3.63, 3.8) is 0 Å². The van der Waals surface area contributed by atoms with Crippen LogP contribution in [-0.2, 0) is 28.9 Å². The van der Waals surface area contributed by atoms with Gasteiger partial charge in [-0.25, -0.2) is 8.99 Å². The van der Waals surface area contributed by atoms with Crippen LogP contribution in [0.2, 0.25) is 5.02 Å². The van der Waals surface area contributed by atoms with Crippen molar-refractivity contribution in [2.75, 3.05) is 12.8 Å². The Morgan fingerprint density at radius 3 is 2.41 bits per heavy atom. The number of alkyl halides is 3. The molecule has 0 saturated carbocycles. The molecule has 8 nitrogen and oxygen atoms in total. The Labute approximate surface area is 241 Å². The number of aromatic nitrogens is 2. The summed E-state index contributed by atoms with van der Waals surface area (Å²) in [5.74, 6) is -0.852. The summed E-state index contributed by atoms with van der Waals surface area (Å²) in [6.07, 6.45) is -3.01. The number of carbonyl (C=O) groups excluding carboxylic acids is 2. The predicted octanol–water partition coefficient (Wildman–Crippen LogP) is 5.96. The van der Waals surface area contributed by atoms with E-state index in [0.29, 0.717) is 34.8 Å². The van der Waals surface area contributed by atoms with E-state index in [1.165, 1.54) is 17.2 Å². The molecule has 2 aliphatic heterocycles. The van der Waals surface area contributed by atoms with E-state index in [4.69, 9.17) is 21.5 Å². The number of nitrogens with one attached hydrogen (secondary N) is 1. The molecule has 0 aliphatic carbocycles. The van der Waals surface area contributed by atoms with Gasteiger partial charge in [0.2, 0.25) is 0 Å². The van der Waals surface area contributed by atoms with Crippen LogP contribution in [0.5, 0.6) is 0 Å². The number of carbonyl (C=O) groups is 2. The van der Waals surface area contributed by atoms with Crippen molar-refractivity contribution in [1.82, 2.24) is 19.6 Å². The lowest BCUT2D eigenvalue weighted by atomic mass is 9.96. The van der Waals surface area contributed by atoms with Gasteiger partial charge in [-0.2, -0.15) is 18.3 Å². The fourth-order valence-corrected chi connectivity index (χ4v) is 6.40. The van der Waals surface area contributed by atoms with Gasteiger partial charge in [0.15, 0.2) is 0 Å². The third-order valence-corrected chi connectivity index (χ3v) is 9.34. The lowest BCUT2D eigenvalue weighted by Gasteiger charge is -2.37. The summed E-state index contributed by atoms with van der Waals surface area (Å²) >= 11 is 5.75. The van der Waals surface area contributed by atoms with E-state index in [-0.39, 0.29) is 36.1 Å². The van der Waals surface area contributed by atoms with Gasteiger partial charge in [-0.3, -0.25) is 14.3 Å². The third kappa shape index (κ3) is 5.23. The molecule has 1 N–H and O–H groups in total. The van der Waals surface area contributed by atoms with Gasteiger partial charge in [0.25, 0.3) is 11.8 Å². The summed E-state index contributed by atoms with van der Waals surface area (Å²) in [4.78, 5) is 31.0. The SMILES string of the molecule is CC(c1ccc(S(C)(=N)=O)cc1)N1C[C@@H](C)n2nc3c(c2C1=O)CN(C(=O)c1ccc(Cl)c(C(F)(F)F)c1)[C@H](C)C3. The number of rotatable bonds is 4. The summed E-state index contributed by atoms with van der Waals surface area (Å²) in [6, 6.07) is 9.04. The fraction of sp³-hybridized carbons (Fsp3) is 0.393. The maximum atomic E-state index is 13.9. The number of nitrogens with zero attached hydrogens (tertiary/aromatic N) is 4. The molecular formula is C28H29ClF3N5O3S. The molecular weight excluding hydrogens is 579 g/mol. The Hall–Kier alpha value is -3.38. The molecule has 0 fully saturated rings. The summed E-state index contributed by atoms with van der Waals surface area (Å²) in [5.41, 5.74) is 1.24. The minimum Gasteiger partial charge on any atom is -0.331 e. The van der Waals surface area contributed by atoms with Gasteiger partial charge in [0.1, 0.15) is 5.69 Å². The van der Waals surface area contributed by atoms with E-state index < -0.39 is 32.4 Å². The van der Waals surface area contributed by atoms with Gasteiger partial charge in [-0.1, -0.05) is 23.7 Å². The molecule has 2 aliphatic rings. The first-order valence-electron chi connectivity index (χ1n) is 13.0. The van der Waals surface area contributed by atoms with E-state index in [9.17, 15) is 27.0 Å². The molecule has 0 bridgehead atoms. The second kappa shape index (κ2) is 10.2. The van der Waals surface area contributed by atoms with Crippen molar-refractivity contribution in [2.45, 2.75) is 62.9 Å². The lowest BCUT2D eigenvalue weighted by molar-refractivity contribution is -0.137. The highest BCUT2D eigenvalue weighted by atomic mass is 35.5. The molecule has 5 rings (SSSR count). The highest BCUT2D eigenvalue weighted by molar-refractivity contribution is 7.91. The second-order valence-corrected chi connectivity index (χ2v) is 13.4. The lowest BCUT2D eigenvalue weighted by Crippen LogP contribution is -2.45. The second-order valence-electron chi connectivity index (χ2n) is 10.8. The number of benzene rings is 2. The summed E-state index contributed by atoms with van der Waals surface area (Å²) in [5, 5.41) is 4.23. The van der Waals surface area contributed by atoms with Crippen molar-refractivity contribution in [3.05, 3.63) is 81.1 Å². The van der Waals surface area contributed by atoms with Gasteiger partial charge in [0, 0.05) is 41.3 Å². The van der Waals surface area contributed by atoms with Crippen LogP contribution in [0, 0.1) is 4.78 Å². The highest BCUT2D eigenvalue weighted by Gasteiger charge is 2.41. The zero-order valence-corrected chi connectivity index (χ0v) is 24.4. The minimum atomic E-state index is -4.71. The average Bonchev–Trinajstić information content (AvgIpc) is 3.27. The standard InChI is InChI=1S/C28H29ClF3N5O3S/c1-15-11-24-21(14-35(15)26(38)19-7-10-23(29)22(12-19)28(30,31)32)25-27(39)36(13-16(2)37(25)34-24)17(3)18-5-8-20(9-6-18)41(4,33)40/h5-10,12,15-17,33H,11,13-14H2,1-4H3/t15-,16-,17?,41?/m1/s1. The van der Waals surface area contributed by atoms with Crippen LogP contribution in [-0.4, -0.2) is 54.4 Å². The fourth-order valence-electron chi connectivity index (χ4n) is 5.52. The van der Waals surface area contributed by atoms with E-state index in [2.05, 4.69) is 0 Å². The molecule has 218 valence electrons. The predicted molar refractivity (Wildman–Crippen MR) is 147 cm³/mol. The molecule has 2 aromatic carbocycles. The third-order valence-electron chi connectivity index (χ3n) is 7.84. The van der Waals surface area contributed by atoms with Crippen molar-refractivity contribution in [1.29, 1.82) is 4.78 Å². The van der Waals surface area contributed by atoms with Crippen molar-refractivity contribution >= 4 is 33.1 Å². The monoisotopic (exact) mass is 607 g/mol. The normalized spacial score (nSPS) is 21.2. The zero-order valence-electron chi connectivity index (χ0n) is 22.8. The maximum Gasteiger partial charge on any atom is 0.417 e. The Morgan fingerprint density at radius 1 is 1.15 bits per heavy atom. The van der Waals surface area contributed by atoms with Gasteiger partial charge >= 0.3 is 6.18 Å². The Balaban J connectivity index is 1.46.